The van der Waals surface area contributed by atoms with E-state index in [-0.39, 0.29) is 5.91 Å². The summed E-state index contributed by atoms with van der Waals surface area (Å²) < 4.78 is 2.01. The van der Waals surface area contributed by atoms with E-state index < -0.39 is 0 Å². The predicted octanol–water partition coefficient (Wildman–Crippen LogP) is 3.32. The number of hydrogen-bond acceptors (Lipinski definition) is 1. The summed E-state index contributed by atoms with van der Waals surface area (Å²) in [6.45, 7) is 0. The number of benzene rings is 2. The topological polar surface area (TPSA) is 33.0 Å². The Morgan fingerprint density at radius 3 is 2.45 bits per heavy atom. The maximum Gasteiger partial charge on any atom is 0.248 e. The van der Waals surface area contributed by atoms with Gasteiger partial charge in [0.25, 0.3) is 0 Å². The number of anilines is 1. The summed E-state index contributed by atoms with van der Waals surface area (Å²) in [4.78, 5) is 12.0. The Labute approximate surface area is 129 Å². The maximum absolute atomic E-state index is 12.0. The lowest BCUT2D eigenvalue weighted by atomic mass is 10.1. The van der Waals surface area contributed by atoms with E-state index in [1.54, 1.807) is 6.08 Å². The van der Waals surface area contributed by atoms with Gasteiger partial charge in [-0.15, -0.1) is 0 Å². The van der Waals surface area contributed by atoms with E-state index in [1.807, 2.05) is 60.2 Å². The smallest absolute Gasteiger partial charge is 0.248 e. The zero-order valence-corrected chi connectivity index (χ0v) is 12.4. The monoisotopic (exact) mass is 289 g/mol. The number of rotatable bonds is 3. The molecule has 0 spiro atoms. The Kier molecular flexibility index (Phi) is 3.97. The number of amides is 1. The fourth-order valence-corrected chi connectivity index (χ4v) is 2.34. The van der Waals surface area contributed by atoms with Crippen LogP contribution in [0.1, 0.15) is 5.69 Å². The first kappa shape index (κ1) is 14.0. The predicted molar refractivity (Wildman–Crippen MR) is 89.2 cm³/mol. The molecular formula is C19H17N2O+. The Morgan fingerprint density at radius 1 is 1.00 bits per heavy atom. The highest BCUT2D eigenvalue weighted by atomic mass is 16.1. The average Bonchev–Trinajstić information content (AvgIpc) is 2.54. The molecule has 3 aromatic rings. The van der Waals surface area contributed by atoms with Crippen LogP contribution in [0.25, 0.3) is 16.8 Å². The third kappa shape index (κ3) is 3.20. The summed E-state index contributed by atoms with van der Waals surface area (Å²) in [6, 6.07) is 19.7. The molecule has 0 unspecified atom stereocenters. The lowest BCUT2D eigenvalue weighted by molar-refractivity contribution is -0.671. The summed E-state index contributed by atoms with van der Waals surface area (Å²) >= 11 is 0. The Balaban J connectivity index is 1.80. The highest BCUT2D eigenvalue weighted by Gasteiger charge is 2.06. The van der Waals surface area contributed by atoms with Crippen LogP contribution in [0.5, 0.6) is 0 Å². The van der Waals surface area contributed by atoms with Crippen LogP contribution in [0.4, 0.5) is 5.69 Å². The summed E-state index contributed by atoms with van der Waals surface area (Å²) in [5, 5.41) is 5.17. The second kappa shape index (κ2) is 6.22. The normalized spacial score (nSPS) is 11.0. The van der Waals surface area contributed by atoms with Crippen LogP contribution in [0.2, 0.25) is 0 Å². The van der Waals surface area contributed by atoms with Gasteiger partial charge in [-0.05, 0) is 23.6 Å². The van der Waals surface area contributed by atoms with E-state index >= 15 is 0 Å². The van der Waals surface area contributed by atoms with Gasteiger partial charge in [0.1, 0.15) is 7.05 Å². The van der Waals surface area contributed by atoms with Gasteiger partial charge in [0.15, 0.2) is 6.20 Å². The molecule has 0 saturated heterocycles. The Hall–Kier alpha value is -2.94. The van der Waals surface area contributed by atoms with Crippen LogP contribution in [0.15, 0.2) is 72.9 Å². The van der Waals surface area contributed by atoms with Gasteiger partial charge in [-0.25, -0.2) is 4.57 Å². The maximum atomic E-state index is 12.0. The molecule has 0 atom stereocenters. The molecule has 3 nitrogen and oxygen atoms in total. The number of para-hydroxylation sites is 1. The zero-order chi connectivity index (χ0) is 15.4. The van der Waals surface area contributed by atoms with E-state index in [0.29, 0.717) is 0 Å². The number of hydrogen-bond donors (Lipinski definition) is 1. The molecule has 1 amide bonds. The van der Waals surface area contributed by atoms with Crippen LogP contribution < -0.4 is 9.88 Å². The van der Waals surface area contributed by atoms with Gasteiger partial charge in [-0.2, -0.15) is 0 Å². The molecule has 22 heavy (non-hydrogen) atoms. The SMILES string of the molecule is C[n+]1cc2ccccc2cc1/C=C/C(=O)Nc1ccccc1. The van der Waals surface area contributed by atoms with Gasteiger partial charge in [0.2, 0.25) is 11.6 Å². The Morgan fingerprint density at radius 2 is 1.68 bits per heavy atom. The molecule has 0 saturated carbocycles. The van der Waals surface area contributed by atoms with Crippen molar-refractivity contribution in [3.8, 4) is 0 Å². The third-order valence-corrected chi connectivity index (χ3v) is 3.49. The number of carbonyl (C=O) groups excluding carboxylic acids is 1. The van der Waals surface area contributed by atoms with Crippen molar-refractivity contribution in [3.63, 3.8) is 0 Å². The van der Waals surface area contributed by atoms with E-state index in [9.17, 15) is 4.79 Å². The third-order valence-electron chi connectivity index (χ3n) is 3.49. The largest absolute Gasteiger partial charge is 0.323 e. The van der Waals surface area contributed by atoms with Gasteiger partial charge in [-0.3, -0.25) is 4.79 Å². The molecule has 1 N–H and O–H groups in total. The summed E-state index contributed by atoms with van der Waals surface area (Å²) in [5.41, 5.74) is 1.77. The summed E-state index contributed by atoms with van der Waals surface area (Å²) in [5.74, 6) is -0.139. The first-order valence-electron chi connectivity index (χ1n) is 7.15. The zero-order valence-electron chi connectivity index (χ0n) is 12.4. The average molecular weight is 289 g/mol. The van der Waals surface area contributed by atoms with Crippen LogP contribution in [-0.4, -0.2) is 5.91 Å². The van der Waals surface area contributed by atoms with Gasteiger partial charge >= 0.3 is 0 Å². The minimum atomic E-state index is -0.139. The number of fused-ring (bicyclic) bond motifs is 1. The molecule has 1 heterocycles. The highest BCUT2D eigenvalue weighted by Crippen LogP contribution is 2.13. The molecule has 0 aliphatic heterocycles. The van der Waals surface area contributed by atoms with Crippen LogP contribution in [0, 0.1) is 0 Å². The van der Waals surface area contributed by atoms with Crippen LogP contribution in [0.3, 0.4) is 0 Å². The number of pyridine rings is 1. The summed E-state index contributed by atoms with van der Waals surface area (Å²) in [7, 11) is 1.97. The van der Waals surface area contributed by atoms with Crippen molar-refractivity contribution >= 4 is 28.4 Å². The van der Waals surface area contributed by atoms with Gasteiger partial charge in [-0.1, -0.05) is 36.4 Å². The first-order valence-corrected chi connectivity index (χ1v) is 7.15. The van der Waals surface area contributed by atoms with Crippen molar-refractivity contribution in [1.29, 1.82) is 0 Å². The van der Waals surface area contributed by atoms with Crippen molar-refractivity contribution in [3.05, 3.63) is 78.6 Å². The number of nitrogens with one attached hydrogen (secondary N) is 1. The summed E-state index contributed by atoms with van der Waals surface area (Å²) in [6.07, 6.45) is 5.44. The van der Waals surface area contributed by atoms with E-state index in [4.69, 9.17) is 0 Å². The van der Waals surface area contributed by atoms with E-state index in [0.717, 1.165) is 16.8 Å². The van der Waals surface area contributed by atoms with Crippen molar-refractivity contribution in [1.82, 2.24) is 0 Å². The van der Waals surface area contributed by atoms with Crippen molar-refractivity contribution in [2.24, 2.45) is 7.05 Å². The highest BCUT2D eigenvalue weighted by molar-refractivity contribution is 6.01. The molecule has 0 bridgehead atoms. The van der Waals surface area contributed by atoms with Crippen molar-refractivity contribution in [2.75, 3.05) is 5.32 Å². The Bertz CT molecular complexity index is 838. The molecule has 3 rings (SSSR count). The quantitative estimate of drug-likeness (QED) is 0.582. The fraction of sp³-hybridized carbons (Fsp3) is 0.0526. The van der Waals surface area contributed by atoms with Gasteiger partial charge in [0.05, 0.1) is 0 Å². The molecule has 2 aromatic carbocycles. The van der Waals surface area contributed by atoms with Crippen molar-refractivity contribution in [2.45, 2.75) is 0 Å². The molecule has 0 fully saturated rings. The van der Waals surface area contributed by atoms with Crippen LogP contribution >= 0.6 is 0 Å². The molecule has 0 aliphatic carbocycles. The van der Waals surface area contributed by atoms with E-state index in [1.165, 1.54) is 5.39 Å². The van der Waals surface area contributed by atoms with Crippen molar-refractivity contribution < 1.29 is 9.36 Å². The number of aryl methyl sites for hydroxylation is 1. The molecule has 0 aliphatic rings. The standard InChI is InChI=1S/C19H16N2O/c1-21-14-16-8-6-5-7-15(16)13-18(21)11-12-19(22)20-17-9-3-2-4-10-17/h2-14H,1H3/p+1/b12-11+. The molecule has 1 aromatic heterocycles. The minimum absolute atomic E-state index is 0.139. The van der Waals surface area contributed by atoms with Gasteiger partial charge in [0, 0.05) is 29.3 Å². The first-order chi connectivity index (χ1) is 10.7. The molecule has 108 valence electrons. The number of carbonyl (C=O) groups is 1. The molecule has 3 heteroatoms. The lowest BCUT2D eigenvalue weighted by Gasteiger charge is -2.01. The second-order valence-electron chi connectivity index (χ2n) is 5.13. The fourth-order valence-electron chi connectivity index (χ4n) is 2.34. The molecule has 0 radical (unpaired) electrons. The second-order valence-corrected chi connectivity index (χ2v) is 5.13. The minimum Gasteiger partial charge on any atom is -0.323 e. The number of nitrogens with zero attached hydrogens (tertiary/aromatic N) is 1. The molecular weight excluding hydrogens is 272 g/mol. The lowest BCUT2D eigenvalue weighted by Crippen LogP contribution is -2.31. The van der Waals surface area contributed by atoms with Gasteiger partial charge < -0.3 is 5.32 Å². The van der Waals surface area contributed by atoms with Crippen LogP contribution in [-0.2, 0) is 11.8 Å². The number of aromatic nitrogens is 1. The van der Waals surface area contributed by atoms with E-state index in [2.05, 4.69) is 29.7 Å².